The van der Waals surface area contributed by atoms with Crippen LogP contribution < -0.4 is 5.32 Å². The zero-order valence-electron chi connectivity index (χ0n) is 19.0. The minimum Gasteiger partial charge on any atom is -0.373 e. The van der Waals surface area contributed by atoms with Gasteiger partial charge in [0.15, 0.2) is 5.96 Å². The fraction of sp³-hybridized carbons (Fsp3) is 0.682. The van der Waals surface area contributed by atoms with Crippen molar-refractivity contribution >= 4 is 40.0 Å². The SMILES string of the molecule is CN=C(NCC1CCN(S(C)(=O)=O)CC1)N1CC2OCCN(Cc3ccccc3)C2C1.I. The number of morpholine rings is 1. The first-order chi connectivity index (χ1) is 14.9. The molecule has 3 heterocycles. The second-order valence-electron chi connectivity index (χ2n) is 8.87. The fourth-order valence-electron chi connectivity index (χ4n) is 4.96. The number of hydrogen-bond acceptors (Lipinski definition) is 5. The first-order valence-electron chi connectivity index (χ1n) is 11.2. The van der Waals surface area contributed by atoms with Crippen molar-refractivity contribution < 1.29 is 13.2 Å². The summed E-state index contributed by atoms with van der Waals surface area (Å²) in [6.07, 6.45) is 3.27. The van der Waals surface area contributed by atoms with Crippen molar-refractivity contribution in [2.24, 2.45) is 10.9 Å². The number of nitrogens with one attached hydrogen (secondary N) is 1. The van der Waals surface area contributed by atoms with Gasteiger partial charge in [-0.1, -0.05) is 30.3 Å². The van der Waals surface area contributed by atoms with Gasteiger partial charge in [-0.3, -0.25) is 9.89 Å². The predicted octanol–water partition coefficient (Wildman–Crippen LogP) is 1.44. The molecule has 8 nitrogen and oxygen atoms in total. The van der Waals surface area contributed by atoms with E-state index < -0.39 is 10.0 Å². The molecule has 0 aliphatic carbocycles. The third-order valence-corrected chi connectivity index (χ3v) is 8.05. The molecule has 1 aromatic carbocycles. The van der Waals surface area contributed by atoms with Crippen LogP contribution in [0.3, 0.4) is 0 Å². The van der Waals surface area contributed by atoms with E-state index in [1.165, 1.54) is 11.8 Å². The summed E-state index contributed by atoms with van der Waals surface area (Å²) < 4.78 is 31.1. The zero-order valence-corrected chi connectivity index (χ0v) is 22.2. The van der Waals surface area contributed by atoms with Gasteiger partial charge in [0.25, 0.3) is 0 Å². The van der Waals surface area contributed by atoms with E-state index in [4.69, 9.17) is 4.74 Å². The lowest BCUT2D eigenvalue weighted by Crippen LogP contribution is -2.50. The number of aliphatic imine (C=N–C) groups is 1. The zero-order chi connectivity index (χ0) is 21.8. The van der Waals surface area contributed by atoms with E-state index in [-0.39, 0.29) is 30.1 Å². The summed E-state index contributed by atoms with van der Waals surface area (Å²) in [7, 11) is -1.24. The summed E-state index contributed by atoms with van der Waals surface area (Å²) in [4.78, 5) is 9.38. The molecule has 0 saturated carbocycles. The van der Waals surface area contributed by atoms with Crippen LogP contribution in [0, 0.1) is 5.92 Å². The van der Waals surface area contributed by atoms with Crippen molar-refractivity contribution in [2.75, 3.05) is 59.2 Å². The summed E-state index contributed by atoms with van der Waals surface area (Å²) in [5.41, 5.74) is 1.34. The Hall–Kier alpha value is -0.950. The molecule has 1 N–H and O–H groups in total. The minimum absolute atomic E-state index is 0. The largest absolute Gasteiger partial charge is 0.373 e. The molecular weight excluding hydrogens is 541 g/mol. The Morgan fingerprint density at radius 1 is 1.16 bits per heavy atom. The summed E-state index contributed by atoms with van der Waals surface area (Å²) in [5.74, 6) is 1.38. The van der Waals surface area contributed by atoms with Crippen LogP contribution in [0.5, 0.6) is 0 Å². The monoisotopic (exact) mass is 577 g/mol. The van der Waals surface area contributed by atoms with Crippen LogP contribution in [0.1, 0.15) is 18.4 Å². The molecule has 180 valence electrons. The van der Waals surface area contributed by atoms with E-state index in [2.05, 4.69) is 50.4 Å². The molecule has 32 heavy (non-hydrogen) atoms. The highest BCUT2D eigenvalue weighted by Gasteiger charge is 2.41. The molecule has 3 fully saturated rings. The second-order valence-corrected chi connectivity index (χ2v) is 10.9. The lowest BCUT2D eigenvalue weighted by Gasteiger charge is -2.36. The van der Waals surface area contributed by atoms with Gasteiger partial charge in [-0.15, -0.1) is 24.0 Å². The third-order valence-electron chi connectivity index (χ3n) is 6.75. The third kappa shape index (κ3) is 6.34. The Morgan fingerprint density at radius 2 is 1.88 bits per heavy atom. The number of fused-ring (bicyclic) bond motifs is 1. The number of likely N-dealkylation sites (tertiary alicyclic amines) is 1. The molecule has 0 aromatic heterocycles. The van der Waals surface area contributed by atoms with Crippen molar-refractivity contribution in [3.63, 3.8) is 0 Å². The molecule has 0 amide bonds. The van der Waals surface area contributed by atoms with Crippen molar-refractivity contribution in [1.29, 1.82) is 0 Å². The highest BCUT2D eigenvalue weighted by atomic mass is 127. The Kier molecular flexibility index (Phi) is 9.19. The Balaban J connectivity index is 0.00000289. The Labute approximate surface area is 209 Å². The first-order valence-corrected chi connectivity index (χ1v) is 13.1. The number of hydrogen-bond donors (Lipinski definition) is 1. The van der Waals surface area contributed by atoms with Gasteiger partial charge in [-0.05, 0) is 24.3 Å². The molecule has 1 aromatic rings. The van der Waals surface area contributed by atoms with E-state index in [0.717, 1.165) is 58.1 Å². The molecule has 10 heteroatoms. The number of halogens is 1. The first kappa shape index (κ1) is 25.7. The number of ether oxygens (including phenoxy) is 1. The molecule has 0 spiro atoms. The maximum atomic E-state index is 11.7. The predicted molar refractivity (Wildman–Crippen MR) is 138 cm³/mol. The van der Waals surface area contributed by atoms with E-state index >= 15 is 0 Å². The van der Waals surface area contributed by atoms with Crippen LogP contribution in [0.15, 0.2) is 35.3 Å². The van der Waals surface area contributed by atoms with Gasteiger partial charge >= 0.3 is 0 Å². The van der Waals surface area contributed by atoms with Gasteiger partial charge in [0.1, 0.15) is 0 Å². The summed E-state index contributed by atoms with van der Waals surface area (Å²) in [5, 5.41) is 3.54. The van der Waals surface area contributed by atoms with E-state index in [9.17, 15) is 8.42 Å². The van der Waals surface area contributed by atoms with Gasteiger partial charge in [-0.2, -0.15) is 0 Å². The van der Waals surface area contributed by atoms with Crippen LogP contribution in [0.25, 0.3) is 0 Å². The maximum Gasteiger partial charge on any atom is 0.211 e. The number of benzene rings is 1. The minimum atomic E-state index is -3.08. The van der Waals surface area contributed by atoms with Crippen LogP contribution in [-0.2, 0) is 21.3 Å². The molecule has 3 aliphatic rings. The standard InChI is InChI=1S/C22H35N5O3S.HI/c1-23-22(24-14-18-8-10-27(11-9-18)31(2,28)29)26-16-20-21(17-26)30-13-12-25(20)15-19-6-4-3-5-7-19;/h3-7,18,20-21H,8-17H2,1-2H3,(H,23,24);1H. The fourth-order valence-corrected chi connectivity index (χ4v) is 5.83. The average Bonchev–Trinajstić information content (AvgIpc) is 3.20. The van der Waals surface area contributed by atoms with Gasteiger partial charge in [0.2, 0.25) is 10.0 Å². The van der Waals surface area contributed by atoms with Crippen LogP contribution in [-0.4, -0.2) is 99.8 Å². The summed E-state index contributed by atoms with van der Waals surface area (Å²) in [6, 6.07) is 11.0. The van der Waals surface area contributed by atoms with Gasteiger partial charge in [0.05, 0.1) is 25.0 Å². The normalized spacial score (nSPS) is 25.9. The van der Waals surface area contributed by atoms with Crippen molar-refractivity contribution in [1.82, 2.24) is 19.4 Å². The van der Waals surface area contributed by atoms with Crippen LogP contribution in [0.4, 0.5) is 0 Å². The van der Waals surface area contributed by atoms with Crippen LogP contribution >= 0.6 is 24.0 Å². The molecule has 3 saturated heterocycles. The number of nitrogens with zero attached hydrogens (tertiary/aromatic N) is 4. The van der Waals surface area contributed by atoms with Crippen molar-refractivity contribution in [3.05, 3.63) is 35.9 Å². The average molecular weight is 578 g/mol. The Bertz CT molecular complexity index is 862. The van der Waals surface area contributed by atoms with Gasteiger partial charge in [0, 0.05) is 52.9 Å². The lowest BCUT2D eigenvalue weighted by molar-refractivity contribution is -0.0502. The highest BCUT2D eigenvalue weighted by molar-refractivity contribution is 14.0. The van der Waals surface area contributed by atoms with Gasteiger partial charge < -0.3 is 15.0 Å². The second kappa shape index (κ2) is 11.5. The summed E-state index contributed by atoms with van der Waals surface area (Å²) in [6.45, 7) is 6.47. The number of guanidine groups is 1. The number of piperidine rings is 1. The number of rotatable bonds is 5. The Morgan fingerprint density at radius 3 is 2.53 bits per heavy atom. The number of sulfonamides is 1. The van der Waals surface area contributed by atoms with E-state index in [1.54, 1.807) is 4.31 Å². The van der Waals surface area contributed by atoms with Crippen molar-refractivity contribution in [2.45, 2.75) is 31.5 Å². The topological polar surface area (TPSA) is 77.5 Å². The van der Waals surface area contributed by atoms with Crippen molar-refractivity contribution in [3.8, 4) is 0 Å². The quantitative estimate of drug-likeness (QED) is 0.325. The van der Waals surface area contributed by atoms with E-state index in [1.807, 2.05) is 7.05 Å². The smallest absolute Gasteiger partial charge is 0.211 e. The molecular formula is C22H36IN5O3S. The maximum absolute atomic E-state index is 11.7. The molecule has 2 atom stereocenters. The molecule has 4 rings (SSSR count). The highest BCUT2D eigenvalue weighted by Crippen LogP contribution is 2.25. The molecule has 0 bridgehead atoms. The lowest BCUT2D eigenvalue weighted by atomic mass is 9.98. The summed E-state index contributed by atoms with van der Waals surface area (Å²) >= 11 is 0. The molecule has 0 radical (unpaired) electrons. The van der Waals surface area contributed by atoms with Crippen LogP contribution in [0.2, 0.25) is 0 Å². The van der Waals surface area contributed by atoms with E-state index in [0.29, 0.717) is 25.0 Å². The molecule has 3 aliphatic heterocycles. The molecule has 2 unspecified atom stereocenters. The van der Waals surface area contributed by atoms with Gasteiger partial charge in [-0.25, -0.2) is 12.7 Å².